The van der Waals surface area contributed by atoms with Crippen LogP contribution < -0.4 is 16.0 Å². The van der Waals surface area contributed by atoms with E-state index in [1.54, 1.807) is 7.05 Å². The van der Waals surface area contributed by atoms with Gasteiger partial charge in [0.2, 0.25) is 0 Å². The molecule has 0 saturated carbocycles. The summed E-state index contributed by atoms with van der Waals surface area (Å²) in [4.78, 5) is 16.4. The number of ether oxygens (including phenoxy) is 2. The van der Waals surface area contributed by atoms with E-state index in [1.165, 1.54) is 0 Å². The number of carbonyl (C=O) groups is 1. The van der Waals surface area contributed by atoms with E-state index in [0.717, 1.165) is 32.4 Å². The van der Waals surface area contributed by atoms with Gasteiger partial charge >= 0.3 is 6.09 Å². The van der Waals surface area contributed by atoms with Gasteiger partial charge in [-0.15, -0.1) is 0 Å². The van der Waals surface area contributed by atoms with Crippen LogP contribution in [0.5, 0.6) is 0 Å². The molecular formula is C19H40N4O3. The highest BCUT2D eigenvalue weighted by atomic mass is 16.6. The lowest BCUT2D eigenvalue weighted by Gasteiger charge is -2.34. The Hall–Kier alpha value is -1.50. The van der Waals surface area contributed by atoms with Crippen LogP contribution in [-0.2, 0) is 9.47 Å². The summed E-state index contributed by atoms with van der Waals surface area (Å²) < 4.78 is 10.9. The highest BCUT2D eigenvalue weighted by Gasteiger charge is 2.30. The predicted octanol–water partition coefficient (Wildman–Crippen LogP) is 3.05. The van der Waals surface area contributed by atoms with E-state index < -0.39 is 11.7 Å². The molecule has 0 heterocycles. The van der Waals surface area contributed by atoms with Crippen molar-refractivity contribution in [3.8, 4) is 0 Å². The maximum absolute atomic E-state index is 12.2. The first-order chi connectivity index (χ1) is 12.1. The summed E-state index contributed by atoms with van der Waals surface area (Å²) in [5.74, 6) is 0.715. The average molecular weight is 373 g/mol. The number of nitrogens with one attached hydrogen (secondary N) is 3. The summed E-state index contributed by atoms with van der Waals surface area (Å²) in [5.41, 5.74) is -0.902. The minimum Gasteiger partial charge on any atom is -0.444 e. The minimum atomic E-state index is -0.514. The molecule has 0 atom stereocenters. The van der Waals surface area contributed by atoms with Gasteiger partial charge in [0, 0.05) is 26.7 Å². The summed E-state index contributed by atoms with van der Waals surface area (Å²) in [7, 11) is 1.74. The maximum atomic E-state index is 12.2. The lowest BCUT2D eigenvalue weighted by molar-refractivity contribution is 0.0448. The SMILES string of the molecule is CCC(CC)(CNC(=NC)NCCCOC(C)C)NC(=O)OC(C)(C)C. The molecule has 154 valence electrons. The Morgan fingerprint density at radius 2 is 1.73 bits per heavy atom. The fraction of sp³-hybridized carbons (Fsp3) is 0.895. The Morgan fingerprint density at radius 3 is 2.19 bits per heavy atom. The van der Waals surface area contributed by atoms with Crippen LogP contribution in [0.2, 0.25) is 0 Å². The van der Waals surface area contributed by atoms with E-state index in [1.807, 2.05) is 34.6 Å². The summed E-state index contributed by atoms with van der Waals surface area (Å²) in [6, 6.07) is 0. The quantitative estimate of drug-likeness (QED) is 0.312. The van der Waals surface area contributed by atoms with Gasteiger partial charge in [0.1, 0.15) is 5.60 Å². The second-order valence-corrected chi connectivity index (χ2v) is 7.74. The molecule has 0 aliphatic rings. The zero-order valence-electron chi connectivity index (χ0n) is 18.0. The highest BCUT2D eigenvalue weighted by Crippen LogP contribution is 2.16. The smallest absolute Gasteiger partial charge is 0.408 e. The Morgan fingerprint density at radius 1 is 1.12 bits per heavy atom. The largest absolute Gasteiger partial charge is 0.444 e. The molecule has 7 heteroatoms. The van der Waals surface area contributed by atoms with Crippen LogP contribution in [0.25, 0.3) is 0 Å². The van der Waals surface area contributed by atoms with E-state index in [4.69, 9.17) is 9.47 Å². The fourth-order valence-corrected chi connectivity index (χ4v) is 2.31. The third-order valence-electron chi connectivity index (χ3n) is 4.00. The van der Waals surface area contributed by atoms with E-state index in [0.29, 0.717) is 12.5 Å². The van der Waals surface area contributed by atoms with Gasteiger partial charge in [-0.25, -0.2) is 4.79 Å². The van der Waals surface area contributed by atoms with Crippen LogP contribution in [0.3, 0.4) is 0 Å². The van der Waals surface area contributed by atoms with Crippen molar-refractivity contribution >= 4 is 12.1 Å². The molecular weight excluding hydrogens is 332 g/mol. The Labute approximate surface area is 159 Å². The van der Waals surface area contributed by atoms with Gasteiger partial charge in [0.25, 0.3) is 0 Å². The fourth-order valence-electron chi connectivity index (χ4n) is 2.31. The van der Waals surface area contributed by atoms with Gasteiger partial charge in [0.05, 0.1) is 11.6 Å². The molecule has 0 rings (SSSR count). The van der Waals surface area contributed by atoms with Crippen LogP contribution >= 0.6 is 0 Å². The van der Waals surface area contributed by atoms with E-state index in [9.17, 15) is 4.79 Å². The van der Waals surface area contributed by atoms with Gasteiger partial charge in [-0.05, 0) is 53.9 Å². The highest BCUT2D eigenvalue weighted by molar-refractivity contribution is 5.79. The normalized spacial score (nSPS) is 12.9. The van der Waals surface area contributed by atoms with Crippen LogP contribution in [-0.4, -0.2) is 56.0 Å². The molecule has 0 aliphatic heterocycles. The molecule has 0 aromatic rings. The number of alkyl carbamates (subject to hydrolysis) is 1. The van der Waals surface area contributed by atoms with Crippen LogP contribution in [0.1, 0.15) is 67.7 Å². The number of carbonyl (C=O) groups excluding carboxylic acids is 1. The van der Waals surface area contributed by atoms with E-state index in [2.05, 4.69) is 34.8 Å². The second-order valence-electron chi connectivity index (χ2n) is 7.74. The summed E-state index contributed by atoms with van der Waals surface area (Å²) in [6.45, 7) is 15.8. The van der Waals surface area contributed by atoms with Crippen molar-refractivity contribution in [2.75, 3.05) is 26.7 Å². The average Bonchev–Trinajstić information content (AvgIpc) is 2.54. The van der Waals surface area contributed by atoms with E-state index in [-0.39, 0.29) is 11.6 Å². The number of hydrogen-bond donors (Lipinski definition) is 3. The number of amides is 1. The van der Waals surface area contributed by atoms with Crippen molar-refractivity contribution in [3.63, 3.8) is 0 Å². The van der Waals surface area contributed by atoms with Crippen LogP contribution in [0.15, 0.2) is 4.99 Å². The van der Waals surface area contributed by atoms with Crippen molar-refractivity contribution in [1.82, 2.24) is 16.0 Å². The third-order valence-corrected chi connectivity index (χ3v) is 4.00. The molecule has 0 bridgehead atoms. The summed E-state index contributed by atoms with van der Waals surface area (Å²) in [6.07, 6.45) is 2.34. The molecule has 0 aliphatic carbocycles. The molecule has 0 fully saturated rings. The number of rotatable bonds is 10. The third kappa shape index (κ3) is 11.2. The first-order valence-corrected chi connectivity index (χ1v) is 9.64. The Bertz CT molecular complexity index is 427. The molecule has 26 heavy (non-hydrogen) atoms. The topological polar surface area (TPSA) is 84.0 Å². The maximum Gasteiger partial charge on any atom is 0.408 e. The lowest BCUT2D eigenvalue weighted by Crippen LogP contribution is -2.57. The van der Waals surface area contributed by atoms with Crippen molar-refractivity contribution in [2.45, 2.75) is 85.0 Å². The van der Waals surface area contributed by atoms with Crippen molar-refractivity contribution in [3.05, 3.63) is 0 Å². The van der Waals surface area contributed by atoms with E-state index >= 15 is 0 Å². The summed E-state index contributed by atoms with van der Waals surface area (Å²) >= 11 is 0. The first kappa shape index (κ1) is 24.5. The first-order valence-electron chi connectivity index (χ1n) is 9.64. The molecule has 0 spiro atoms. The molecule has 7 nitrogen and oxygen atoms in total. The summed E-state index contributed by atoms with van der Waals surface area (Å²) in [5, 5.41) is 9.61. The van der Waals surface area contributed by atoms with Gasteiger partial charge in [-0.2, -0.15) is 0 Å². The van der Waals surface area contributed by atoms with Crippen LogP contribution in [0.4, 0.5) is 4.79 Å². The standard InChI is InChI=1S/C19H40N4O3/c1-9-19(10-2,23-17(24)26-18(5,6)7)14-22-16(20-8)21-12-11-13-25-15(3)4/h15H,9-14H2,1-8H3,(H,23,24)(H2,20,21,22). The van der Waals surface area contributed by atoms with Gasteiger partial charge in [-0.3, -0.25) is 4.99 Å². The molecule has 0 radical (unpaired) electrons. The Kier molecular flexibility index (Phi) is 11.3. The zero-order chi connectivity index (χ0) is 20.2. The van der Waals surface area contributed by atoms with Crippen LogP contribution in [0, 0.1) is 0 Å². The van der Waals surface area contributed by atoms with Gasteiger partial charge in [0.15, 0.2) is 5.96 Å². The van der Waals surface area contributed by atoms with Gasteiger partial charge < -0.3 is 25.4 Å². The lowest BCUT2D eigenvalue weighted by atomic mass is 9.93. The molecule has 1 amide bonds. The number of guanidine groups is 1. The second kappa shape index (κ2) is 12.0. The van der Waals surface area contributed by atoms with Crippen molar-refractivity contribution < 1.29 is 14.3 Å². The van der Waals surface area contributed by atoms with Crippen molar-refractivity contribution in [2.24, 2.45) is 4.99 Å². The Balaban J connectivity index is 4.52. The molecule has 3 N–H and O–H groups in total. The number of nitrogens with zero attached hydrogens (tertiary/aromatic N) is 1. The zero-order valence-corrected chi connectivity index (χ0v) is 18.0. The van der Waals surface area contributed by atoms with Crippen molar-refractivity contribution in [1.29, 1.82) is 0 Å². The minimum absolute atomic E-state index is 0.251. The monoisotopic (exact) mass is 372 g/mol. The number of aliphatic imine (C=N–C) groups is 1. The molecule has 0 unspecified atom stereocenters. The number of hydrogen-bond acceptors (Lipinski definition) is 4. The molecule has 0 saturated heterocycles. The predicted molar refractivity (Wildman–Crippen MR) is 108 cm³/mol. The van der Waals surface area contributed by atoms with Gasteiger partial charge in [-0.1, -0.05) is 13.8 Å². The molecule has 0 aromatic carbocycles. The molecule has 0 aromatic heterocycles.